The van der Waals surface area contributed by atoms with E-state index in [0.29, 0.717) is 22.9 Å². The van der Waals surface area contributed by atoms with E-state index < -0.39 is 0 Å². The lowest BCUT2D eigenvalue weighted by atomic mass is 10.2. The minimum atomic E-state index is -0.261. The number of halogens is 2. The van der Waals surface area contributed by atoms with Gasteiger partial charge in [0.15, 0.2) is 0 Å². The molecule has 1 aromatic heterocycles. The Morgan fingerprint density at radius 2 is 2.14 bits per heavy atom. The Labute approximate surface area is 132 Å². The minimum Gasteiger partial charge on any atom is -0.467 e. The van der Waals surface area contributed by atoms with Crippen LogP contribution in [0.2, 0.25) is 10.0 Å². The maximum atomic E-state index is 12.6. The van der Waals surface area contributed by atoms with Crippen LogP contribution in [0, 0.1) is 11.3 Å². The van der Waals surface area contributed by atoms with E-state index in [0.717, 1.165) is 0 Å². The first kappa shape index (κ1) is 15.4. The van der Waals surface area contributed by atoms with Gasteiger partial charge in [0.05, 0.1) is 35.9 Å². The van der Waals surface area contributed by atoms with Gasteiger partial charge in [0.2, 0.25) is 0 Å². The second-order valence-corrected chi connectivity index (χ2v) is 5.18. The van der Waals surface area contributed by atoms with Gasteiger partial charge >= 0.3 is 0 Å². The molecule has 0 fully saturated rings. The number of amides is 1. The lowest BCUT2D eigenvalue weighted by Gasteiger charge is -2.21. The fourth-order valence-electron chi connectivity index (χ4n) is 1.86. The molecule has 0 aliphatic carbocycles. The van der Waals surface area contributed by atoms with Crippen molar-refractivity contribution in [1.82, 2.24) is 4.90 Å². The summed E-state index contributed by atoms with van der Waals surface area (Å²) in [6.07, 6.45) is 1.77. The maximum Gasteiger partial charge on any atom is 0.255 e. The topological polar surface area (TPSA) is 57.2 Å². The second-order valence-electron chi connectivity index (χ2n) is 4.34. The van der Waals surface area contributed by atoms with Gasteiger partial charge in [-0.25, -0.2) is 0 Å². The van der Waals surface area contributed by atoms with Crippen LogP contribution in [0.4, 0.5) is 0 Å². The van der Waals surface area contributed by atoms with Crippen LogP contribution in [0.3, 0.4) is 0 Å². The number of benzene rings is 1. The van der Waals surface area contributed by atoms with Crippen molar-refractivity contribution in [3.63, 3.8) is 0 Å². The Kier molecular flexibility index (Phi) is 5.26. The Bertz CT molecular complexity index is 663. The molecular weight excluding hydrogens is 311 g/mol. The highest BCUT2D eigenvalue weighted by atomic mass is 35.5. The zero-order valence-electron chi connectivity index (χ0n) is 11.1. The Morgan fingerprint density at radius 3 is 2.76 bits per heavy atom. The van der Waals surface area contributed by atoms with E-state index in [2.05, 4.69) is 0 Å². The van der Waals surface area contributed by atoms with Gasteiger partial charge in [-0.1, -0.05) is 23.2 Å². The van der Waals surface area contributed by atoms with Gasteiger partial charge in [-0.3, -0.25) is 4.79 Å². The third kappa shape index (κ3) is 4.01. The van der Waals surface area contributed by atoms with Crippen molar-refractivity contribution < 1.29 is 9.21 Å². The maximum absolute atomic E-state index is 12.6. The second kappa shape index (κ2) is 7.16. The van der Waals surface area contributed by atoms with Crippen LogP contribution in [0.1, 0.15) is 22.5 Å². The van der Waals surface area contributed by atoms with Crippen LogP contribution in [-0.2, 0) is 6.54 Å². The predicted molar refractivity (Wildman–Crippen MR) is 80.1 cm³/mol. The Balaban J connectivity index is 2.22. The molecule has 6 heteroatoms. The van der Waals surface area contributed by atoms with Crippen molar-refractivity contribution in [1.29, 1.82) is 5.26 Å². The summed E-state index contributed by atoms with van der Waals surface area (Å²) in [5.41, 5.74) is 0.352. The largest absolute Gasteiger partial charge is 0.467 e. The third-order valence-corrected chi connectivity index (χ3v) is 3.42. The number of nitriles is 1. The van der Waals surface area contributed by atoms with Gasteiger partial charge in [-0.2, -0.15) is 5.26 Å². The van der Waals surface area contributed by atoms with Crippen molar-refractivity contribution in [3.8, 4) is 6.07 Å². The molecule has 1 amide bonds. The van der Waals surface area contributed by atoms with Crippen molar-refractivity contribution in [2.45, 2.75) is 13.0 Å². The van der Waals surface area contributed by atoms with Crippen LogP contribution in [0.5, 0.6) is 0 Å². The molecule has 0 spiro atoms. The van der Waals surface area contributed by atoms with E-state index in [1.54, 1.807) is 24.3 Å². The molecule has 0 aliphatic rings. The molecule has 0 unspecified atom stereocenters. The smallest absolute Gasteiger partial charge is 0.255 e. The van der Waals surface area contributed by atoms with E-state index >= 15 is 0 Å². The van der Waals surface area contributed by atoms with Crippen molar-refractivity contribution in [2.75, 3.05) is 6.54 Å². The van der Waals surface area contributed by atoms with Gasteiger partial charge in [0, 0.05) is 11.6 Å². The molecule has 0 N–H and O–H groups in total. The number of hydrogen-bond acceptors (Lipinski definition) is 3. The van der Waals surface area contributed by atoms with Crippen LogP contribution in [0.15, 0.2) is 41.0 Å². The summed E-state index contributed by atoms with van der Waals surface area (Å²) in [5.74, 6) is 0.384. The Morgan fingerprint density at radius 1 is 1.33 bits per heavy atom. The molecule has 0 radical (unpaired) electrons. The molecule has 4 nitrogen and oxygen atoms in total. The lowest BCUT2D eigenvalue weighted by Crippen LogP contribution is -2.31. The molecule has 0 saturated carbocycles. The third-order valence-electron chi connectivity index (χ3n) is 2.87. The zero-order valence-corrected chi connectivity index (χ0v) is 12.6. The molecule has 1 aromatic carbocycles. The molecule has 2 aromatic rings. The molecule has 0 saturated heterocycles. The van der Waals surface area contributed by atoms with Gasteiger partial charge in [0.25, 0.3) is 5.91 Å². The van der Waals surface area contributed by atoms with Crippen LogP contribution < -0.4 is 0 Å². The van der Waals surface area contributed by atoms with Gasteiger partial charge < -0.3 is 9.32 Å². The lowest BCUT2D eigenvalue weighted by molar-refractivity contribution is 0.0735. The van der Waals surface area contributed by atoms with E-state index in [4.69, 9.17) is 32.9 Å². The number of carbonyl (C=O) groups excluding carboxylic acids is 1. The van der Waals surface area contributed by atoms with Gasteiger partial charge in [-0.05, 0) is 30.3 Å². The minimum absolute atomic E-state index is 0.234. The van der Waals surface area contributed by atoms with Crippen molar-refractivity contribution >= 4 is 29.1 Å². The fourth-order valence-corrected chi connectivity index (χ4v) is 2.35. The molecular formula is C15H12Cl2N2O2. The molecule has 0 bridgehead atoms. The quantitative estimate of drug-likeness (QED) is 0.831. The van der Waals surface area contributed by atoms with Gasteiger partial charge in [-0.15, -0.1) is 0 Å². The van der Waals surface area contributed by atoms with Crippen LogP contribution >= 0.6 is 23.2 Å². The first-order chi connectivity index (χ1) is 10.1. The summed E-state index contributed by atoms with van der Waals surface area (Å²) in [6.45, 7) is 0.585. The van der Waals surface area contributed by atoms with E-state index in [9.17, 15) is 4.79 Å². The first-order valence-corrected chi connectivity index (χ1v) is 7.01. The zero-order chi connectivity index (χ0) is 15.2. The molecule has 2 rings (SSSR count). The normalized spacial score (nSPS) is 10.1. The van der Waals surface area contributed by atoms with E-state index in [-0.39, 0.29) is 23.9 Å². The average molecular weight is 323 g/mol. The van der Waals surface area contributed by atoms with Crippen molar-refractivity contribution in [3.05, 3.63) is 58.0 Å². The number of rotatable bonds is 5. The molecule has 108 valence electrons. The average Bonchev–Trinajstić information content (AvgIpc) is 2.95. The summed E-state index contributed by atoms with van der Waals surface area (Å²) in [6, 6.07) is 10.3. The molecule has 21 heavy (non-hydrogen) atoms. The number of hydrogen-bond donors (Lipinski definition) is 0. The highest BCUT2D eigenvalue weighted by Gasteiger charge is 2.19. The first-order valence-electron chi connectivity index (χ1n) is 6.25. The predicted octanol–water partition coefficient (Wildman–Crippen LogP) is 4.14. The van der Waals surface area contributed by atoms with Crippen molar-refractivity contribution in [2.24, 2.45) is 0 Å². The van der Waals surface area contributed by atoms with Crippen LogP contribution in [-0.4, -0.2) is 17.4 Å². The van der Waals surface area contributed by atoms with Gasteiger partial charge in [0.1, 0.15) is 5.76 Å². The highest BCUT2D eigenvalue weighted by Crippen LogP contribution is 2.23. The Hall–Kier alpha value is -1.96. The standard InChI is InChI=1S/C15H12Cl2N2O2/c16-11-4-5-13(14(17)9-11)15(20)19(7-2-6-18)10-12-3-1-8-21-12/h1,3-5,8-9H,2,7,10H2. The SMILES string of the molecule is N#CCCN(Cc1ccco1)C(=O)c1ccc(Cl)cc1Cl. The summed E-state index contributed by atoms with van der Waals surface area (Å²) in [4.78, 5) is 14.1. The summed E-state index contributed by atoms with van der Waals surface area (Å²) < 4.78 is 5.25. The molecule has 0 aliphatic heterocycles. The van der Waals surface area contributed by atoms with Crippen LogP contribution in [0.25, 0.3) is 0 Å². The number of nitrogens with zero attached hydrogens (tertiary/aromatic N) is 2. The highest BCUT2D eigenvalue weighted by molar-refractivity contribution is 6.36. The summed E-state index contributed by atoms with van der Waals surface area (Å²) >= 11 is 11.9. The monoisotopic (exact) mass is 322 g/mol. The summed E-state index contributed by atoms with van der Waals surface area (Å²) in [7, 11) is 0. The van der Waals surface area contributed by atoms with E-state index in [1.165, 1.54) is 17.2 Å². The molecule has 0 atom stereocenters. The molecule has 1 heterocycles. The number of carbonyl (C=O) groups is 1. The van der Waals surface area contributed by atoms with E-state index in [1.807, 2.05) is 6.07 Å². The number of furan rings is 1. The fraction of sp³-hybridized carbons (Fsp3) is 0.200. The summed E-state index contributed by atoms with van der Waals surface area (Å²) in [5, 5.41) is 9.48.